The number of aromatic nitrogens is 2. The molecule has 2 aliphatic rings. The van der Waals surface area contributed by atoms with E-state index < -0.39 is 5.60 Å². The molecule has 6 nitrogen and oxygen atoms in total. The number of hydrogen-bond donors (Lipinski definition) is 1. The summed E-state index contributed by atoms with van der Waals surface area (Å²) in [6, 6.07) is 14.8. The van der Waals surface area contributed by atoms with Gasteiger partial charge in [0.25, 0.3) is 0 Å². The van der Waals surface area contributed by atoms with Gasteiger partial charge in [-0.15, -0.1) is 0 Å². The van der Waals surface area contributed by atoms with Crippen molar-refractivity contribution < 1.29 is 9.84 Å². The minimum Gasteiger partial charge on any atom is -0.383 e. The van der Waals surface area contributed by atoms with Crippen LogP contribution in [0, 0.1) is 24.2 Å². The molecular formula is C28H34N4O2. The van der Waals surface area contributed by atoms with Crippen molar-refractivity contribution in [1.29, 1.82) is 5.26 Å². The Morgan fingerprint density at radius 3 is 2.71 bits per heavy atom. The third kappa shape index (κ3) is 4.24. The fourth-order valence-electron chi connectivity index (χ4n) is 5.91. The molecule has 0 spiro atoms. The lowest BCUT2D eigenvalue weighted by molar-refractivity contribution is -0.0151. The molecule has 1 aliphatic heterocycles. The van der Waals surface area contributed by atoms with Gasteiger partial charge in [0.2, 0.25) is 0 Å². The van der Waals surface area contributed by atoms with Gasteiger partial charge in [0.15, 0.2) is 0 Å². The number of aliphatic hydroxyl groups is 1. The maximum Gasteiger partial charge on any atom is 0.141 e. The number of fused-ring (bicyclic) bond motifs is 2. The fraction of sp³-hybridized carbons (Fsp3) is 0.500. The molecule has 1 saturated heterocycles. The molecule has 6 heteroatoms. The van der Waals surface area contributed by atoms with Crippen LogP contribution in [0.1, 0.15) is 54.4 Å². The molecule has 1 aliphatic carbocycles. The number of imidazole rings is 1. The Bertz CT molecular complexity index is 1250. The summed E-state index contributed by atoms with van der Waals surface area (Å²) in [6.07, 6.45) is 3.07. The van der Waals surface area contributed by atoms with Crippen LogP contribution in [0.25, 0.3) is 11.0 Å². The molecule has 0 amide bonds. The third-order valence-corrected chi connectivity index (χ3v) is 7.50. The van der Waals surface area contributed by atoms with Crippen LogP contribution in [-0.2, 0) is 23.2 Å². The van der Waals surface area contributed by atoms with Crippen molar-refractivity contribution in [3.63, 3.8) is 0 Å². The summed E-state index contributed by atoms with van der Waals surface area (Å²) in [5.74, 6) is 1.27. The number of benzene rings is 2. The van der Waals surface area contributed by atoms with E-state index in [0.717, 1.165) is 61.1 Å². The molecule has 5 rings (SSSR count). The number of likely N-dealkylation sites (tertiary alicyclic amines) is 1. The van der Waals surface area contributed by atoms with Crippen molar-refractivity contribution in [3.05, 3.63) is 64.5 Å². The van der Waals surface area contributed by atoms with Crippen molar-refractivity contribution in [3.8, 4) is 6.07 Å². The predicted molar refractivity (Wildman–Crippen MR) is 133 cm³/mol. The number of nitriles is 1. The van der Waals surface area contributed by atoms with E-state index in [1.807, 2.05) is 19.9 Å². The molecule has 2 aromatic carbocycles. The first kappa shape index (κ1) is 23.0. The Morgan fingerprint density at radius 1 is 1.18 bits per heavy atom. The second kappa shape index (κ2) is 8.81. The Kier molecular flexibility index (Phi) is 5.97. The molecule has 0 unspecified atom stereocenters. The van der Waals surface area contributed by atoms with Crippen LogP contribution in [0.4, 0.5) is 0 Å². The molecule has 1 aromatic heterocycles. The van der Waals surface area contributed by atoms with Crippen molar-refractivity contribution in [2.75, 3.05) is 26.7 Å². The lowest BCUT2D eigenvalue weighted by Crippen LogP contribution is -2.47. The first-order valence-electron chi connectivity index (χ1n) is 12.3. The van der Waals surface area contributed by atoms with E-state index in [-0.39, 0.29) is 12.1 Å². The number of methoxy groups -OCH3 is 1. The van der Waals surface area contributed by atoms with E-state index in [2.05, 4.69) is 52.8 Å². The SMILES string of the molecule is CO[C@H]1CN(C[C@@H]2Cc3ccc(C#N)cc3C2)CC[C@@H]1n1c(C(C)(C)O)nc2cc(C)ccc21. The van der Waals surface area contributed by atoms with Gasteiger partial charge >= 0.3 is 0 Å². The largest absolute Gasteiger partial charge is 0.383 e. The topological polar surface area (TPSA) is 74.3 Å². The third-order valence-electron chi connectivity index (χ3n) is 7.50. The number of aryl methyl sites for hydroxylation is 1. The van der Waals surface area contributed by atoms with Crippen molar-refractivity contribution in [2.24, 2.45) is 5.92 Å². The zero-order valence-corrected chi connectivity index (χ0v) is 20.6. The monoisotopic (exact) mass is 458 g/mol. The molecule has 0 bridgehead atoms. The highest BCUT2D eigenvalue weighted by atomic mass is 16.5. The molecular weight excluding hydrogens is 424 g/mol. The molecule has 178 valence electrons. The van der Waals surface area contributed by atoms with E-state index in [1.54, 1.807) is 7.11 Å². The summed E-state index contributed by atoms with van der Waals surface area (Å²) >= 11 is 0. The van der Waals surface area contributed by atoms with E-state index in [1.165, 1.54) is 11.1 Å². The lowest BCUT2D eigenvalue weighted by Gasteiger charge is -2.40. The molecule has 0 saturated carbocycles. The number of ether oxygens (including phenoxy) is 1. The second-order valence-electron chi connectivity index (χ2n) is 10.6. The summed E-state index contributed by atoms with van der Waals surface area (Å²) in [6.45, 7) is 8.56. The second-order valence-corrected chi connectivity index (χ2v) is 10.6. The highest BCUT2D eigenvalue weighted by Crippen LogP contribution is 2.36. The first-order valence-corrected chi connectivity index (χ1v) is 12.3. The first-order chi connectivity index (χ1) is 16.3. The maximum absolute atomic E-state index is 10.9. The summed E-state index contributed by atoms with van der Waals surface area (Å²) < 4.78 is 8.28. The fourth-order valence-corrected chi connectivity index (χ4v) is 5.91. The van der Waals surface area contributed by atoms with Crippen LogP contribution in [-0.4, -0.2) is 52.4 Å². The molecule has 2 heterocycles. The van der Waals surface area contributed by atoms with E-state index in [0.29, 0.717) is 11.7 Å². The van der Waals surface area contributed by atoms with E-state index in [9.17, 15) is 10.4 Å². The lowest BCUT2D eigenvalue weighted by atomic mass is 9.97. The van der Waals surface area contributed by atoms with Crippen LogP contribution >= 0.6 is 0 Å². The van der Waals surface area contributed by atoms with Crippen LogP contribution in [0.5, 0.6) is 0 Å². The molecule has 1 N–H and O–H groups in total. The van der Waals surface area contributed by atoms with Gasteiger partial charge in [-0.2, -0.15) is 5.26 Å². The highest BCUT2D eigenvalue weighted by molar-refractivity contribution is 5.77. The Labute approximate surface area is 201 Å². The van der Waals surface area contributed by atoms with Gasteiger partial charge in [-0.25, -0.2) is 4.98 Å². The average molecular weight is 459 g/mol. The number of rotatable bonds is 5. The van der Waals surface area contributed by atoms with Gasteiger partial charge in [0.1, 0.15) is 11.4 Å². The smallest absolute Gasteiger partial charge is 0.141 e. The molecule has 3 atom stereocenters. The van der Waals surface area contributed by atoms with Crippen LogP contribution in [0.15, 0.2) is 36.4 Å². The number of piperidine rings is 1. The molecule has 3 aromatic rings. The van der Waals surface area contributed by atoms with Gasteiger partial charge < -0.3 is 19.3 Å². The van der Waals surface area contributed by atoms with Gasteiger partial charge in [0.05, 0.1) is 34.8 Å². The van der Waals surface area contributed by atoms with Gasteiger partial charge in [-0.3, -0.25) is 0 Å². The summed E-state index contributed by atoms with van der Waals surface area (Å²) in [7, 11) is 1.79. The molecule has 0 radical (unpaired) electrons. The highest BCUT2D eigenvalue weighted by Gasteiger charge is 2.37. The minimum absolute atomic E-state index is 0.0162. The van der Waals surface area contributed by atoms with E-state index in [4.69, 9.17) is 9.72 Å². The number of nitrogens with zero attached hydrogens (tertiary/aromatic N) is 4. The minimum atomic E-state index is -1.04. The zero-order chi connectivity index (χ0) is 24.0. The molecule has 1 fully saturated rings. The zero-order valence-electron chi connectivity index (χ0n) is 20.6. The summed E-state index contributed by atoms with van der Waals surface area (Å²) in [5.41, 5.74) is 5.58. The van der Waals surface area contributed by atoms with Crippen molar-refractivity contribution in [1.82, 2.24) is 14.5 Å². The standard InChI is InChI=1S/C28H34N4O2/c1-18-5-8-24-23(11-18)30-27(28(2,3)33)32(24)25-9-10-31(17-26(25)34-4)16-20-13-21-7-6-19(15-29)12-22(21)14-20/h5-8,11-12,20,25-26,33H,9-10,13-14,16-17H2,1-4H3/t20-,25+,26+/m1/s1. The summed E-state index contributed by atoms with van der Waals surface area (Å²) in [4.78, 5) is 7.38. The maximum atomic E-state index is 10.9. The van der Waals surface area contributed by atoms with Gasteiger partial charge in [0, 0.05) is 26.7 Å². The van der Waals surface area contributed by atoms with Crippen molar-refractivity contribution >= 4 is 11.0 Å². The summed E-state index contributed by atoms with van der Waals surface area (Å²) in [5, 5.41) is 20.2. The van der Waals surface area contributed by atoms with Gasteiger partial charge in [-0.1, -0.05) is 12.1 Å². The normalized spacial score (nSPS) is 23.2. The van der Waals surface area contributed by atoms with Gasteiger partial charge in [-0.05, 0) is 86.9 Å². The Hall–Kier alpha value is -2.72. The molecule has 34 heavy (non-hydrogen) atoms. The Morgan fingerprint density at radius 2 is 1.97 bits per heavy atom. The van der Waals surface area contributed by atoms with Crippen LogP contribution < -0.4 is 0 Å². The van der Waals surface area contributed by atoms with Crippen molar-refractivity contribution in [2.45, 2.75) is 57.8 Å². The predicted octanol–water partition coefficient (Wildman–Crippen LogP) is 4.12. The number of hydrogen-bond acceptors (Lipinski definition) is 5. The Balaban J connectivity index is 1.35. The van der Waals surface area contributed by atoms with E-state index >= 15 is 0 Å². The quantitative estimate of drug-likeness (QED) is 0.623. The van der Waals surface area contributed by atoms with Crippen LogP contribution in [0.3, 0.4) is 0 Å². The average Bonchev–Trinajstić information content (AvgIpc) is 3.38. The van der Waals surface area contributed by atoms with Crippen LogP contribution in [0.2, 0.25) is 0 Å².